The molecular formula is C9H12N4O. The number of nitrogens with zero attached hydrogens (tertiary/aromatic N) is 3. The van der Waals surface area contributed by atoms with Gasteiger partial charge in [-0.3, -0.25) is 4.68 Å². The van der Waals surface area contributed by atoms with Crippen LogP contribution in [0.25, 0.3) is 11.5 Å². The quantitative estimate of drug-likeness (QED) is 0.765. The molecule has 74 valence electrons. The van der Waals surface area contributed by atoms with Gasteiger partial charge in [-0.2, -0.15) is 5.10 Å². The SMILES string of the molecule is Cc1c(-c2nc(CN)co2)cnn1C. The molecule has 0 aliphatic carbocycles. The van der Waals surface area contributed by atoms with Crippen LogP contribution >= 0.6 is 0 Å². The Morgan fingerprint density at radius 3 is 2.86 bits per heavy atom. The van der Waals surface area contributed by atoms with Crippen LogP contribution in [0, 0.1) is 6.92 Å². The van der Waals surface area contributed by atoms with E-state index in [9.17, 15) is 0 Å². The smallest absolute Gasteiger partial charge is 0.229 e. The van der Waals surface area contributed by atoms with Gasteiger partial charge in [0.05, 0.1) is 17.5 Å². The minimum atomic E-state index is 0.392. The van der Waals surface area contributed by atoms with Crippen molar-refractivity contribution < 1.29 is 4.42 Å². The summed E-state index contributed by atoms with van der Waals surface area (Å²) in [7, 11) is 1.88. The van der Waals surface area contributed by atoms with Gasteiger partial charge < -0.3 is 10.2 Å². The Labute approximate surface area is 81.5 Å². The summed E-state index contributed by atoms with van der Waals surface area (Å²) in [5, 5.41) is 4.11. The molecule has 0 aliphatic rings. The van der Waals surface area contributed by atoms with E-state index >= 15 is 0 Å². The van der Waals surface area contributed by atoms with E-state index in [2.05, 4.69) is 10.1 Å². The van der Waals surface area contributed by atoms with Crippen LogP contribution in [0.15, 0.2) is 16.9 Å². The fraction of sp³-hybridized carbons (Fsp3) is 0.333. The molecular weight excluding hydrogens is 180 g/mol. The normalized spacial score (nSPS) is 10.8. The van der Waals surface area contributed by atoms with E-state index in [-0.39, 0.29) is 0 Å². The predicted octanol–water partition coefficient (Wildman–Crippen LogP) is 0.842. The Bertz CT molecular complexity index is 443. The van der Waals surface area contributed by atoms with Crippen molar-refractivity contribution in [2.45, 2.75) is 13.5 Å². The molecule has 0 unspecified atom stereocenters. The van der Waals surface area contributed by atoms with Gasteiger partial charge in [-0.25, -0.2) is 4.98 Å². The van der Waals surface area contributed by atoms with E-state index < -0.39 is 0 Å². The monoisotopic (exact) mass is 192 g/mol. The number of hydrogen-bond donors (Lipinski definition) is 1. The summed E-state index contributed by atoms with van der Waals surface area (Å²) in [5.41, 5.74) is 8.13. The van der Waals surface area contributed by atoms with Gasteiger partial charge in [-0.05, 0) is 6.92 Å². The molecule has 0 aliphatic heterocycles. The minimum Gasteiger partial charge on any atom is -0.444 e. The lowest BCUT2D eigenvalue weighted by atomic mass is 10.2. The second kappa shape index (κ2) is 3.26. The molecule has 2 aromatic heterocycles. The Morgan fingerprint density at radius 1 is 1.57 bits per heavy atom. The number of nitrogens with two attached hydrogens (primary N) is 1. The number of aromatic nitrogens is 3. The third-order valence-electron chi connectivity index (χ3n) is 2.23. The third-order valence-corrected chi connectivity index (χ3v) is 2.23. The number of hydrogen-bond acceptors (Lipinski definition) is 4. The Balaban J connectivity index is 2.44. The van der Waals surface area contributed by atoms with Crippen molar-refractivity contribution in [3.8, 4) is 11.5 Å². The molecule has 0 atom stereocenters. The molecule has 0 amide bonds. The maximum Gasteiger partial charge on any atom is 0.229 e. The summed E-state index contributed by atoms with van der Waals surface area (Å²) < 4.78 is 7.07. The average molecular weight is 192 g/mol. The van der Waals surface area contributed by atoms with Gasteiger partial charge in [-0.15, -0.1) is 0 Å². The van der Waals surface area contributed by atoms with E-state index in [4.69, 9.17) is 10.2 Å². The van der Waals surface area contributed by atoms with Crippen molar-refractivity contribution in [3.63, 3.8) is 0 Å². The summed E-state index contributed by atoms with van der Waals surface area (Å²) >= 11 is 0. The molecule has 5 nitrogen and oxygen atoms in total. The van der Waals surface area contributed by atoms with Crippen molar-refractivity contribution in [3.05, 3.63) is 23.8 Å². The highest BCUT2D eigenvalue weighted by molar-refractivity contribution is 5.55. The van der Waals surface area contributed by atoms with Gasteiger partial charge in [-0.1, -0.05) is 0 Å². The second-order valence-electron chi connectivity index (χ2n) is 3.12. The molecule has 0 saturated carbocycles. The minimum absolute atomic E-state index is 0.392. The first-order chi connectivity index (χ1) is 6.72. The zero-order valence-electron chi connectivity index (χ0n) is 8.19. The highest BCUT2D eigenvalue weighted by atomic mass is 16.3. The summed E-state index contributed by atoms with van der Waals surface area (Å²) in [4.78, 5) is 4.23. The van der Waals surface area contributed by atoms with E-state index in [0.717, 1.165) is 17.0 Å². The summed E-state index contributed by atoms with van der Waals surface area (Å²) in [6.45, 7) is 2.36. The standard InChI is InChI=1S/C9H12N4O/c1-6-8(4-11-13(6)2)9-12-7(3-10)5-14-9/h4-5H,3,10H2,1-2H3. The van der Waals surface area contributed by atoms with Crippen LogP contribution in [0.2, 0.25) is 0 Å². The predicted molar refractivity (Wildman–Crippen MR) is 51.3 cm³/mol. The van der Waals surface area contributed by atoms with Crippen LogP contribution in [0.4, 0.5) is 0 Å². The number of aryl methyl sites for hydroxylation is 1. The maximum absolute atomic E-state index is 5.44. The van der Waals surface area contributed by atoms with E-state index in [1.807, 2.05) is 14.0 Å². The van der Waals surface area contributed by atoms with Gasteiger partial charge in [0.1, 0.15) is 6.26 Å². The van der Waals surface area contributed by atoms with Crippen molar-refractivity contribution in [2.75, 3.05) is 0 Å². The van der Waals surface area contributed by atoms with Crippen LogP contribution in [-0.4, -0.2) is 14.8 Å². The van der Waals surface area contributed by atoms with Crippen LogP contribution in [0.5, 0.6) is 0 Å². The van der Waals surface area contributed by atoms with Gasteiger partial charge in [0.25, 0.3) is 0 Å². The second-order valence-corrected chi connectivity index (χ2v) is 3.12. The van der Waals surface area contributed by atoms with Crippen molar-refractivity contribution in [1.29, 1.82) is 0 Å². The fourth-order valence-electron chi connectivity index (χ4n) is 1.23. The molecule has 14 heavy (non-hydrogen) atoms. The summed E-state index contributed by atoms with van der Waals surface area (Å²) in [6, 6.07) is 0. The van der Waals surface area contributed by atoms with Crippen LogP contribution in [0.1, 0.15) is 11.4 Å². The molecule has 0 aromatic carbocycles. The van der Waals surface area contributed by atoms with Gasteiger partial charge in [0, 0.05) is 19.3 Å². The number of rotatable bonds is 2. The van der Waals surface area contributed by atoms with E-state index in [1.165, 1.54) is 0 Å². The fourth-order valence-corrected chi connectivity index (χ4v) is 1.23. The molecule has 2 aromatic rings. The zero-order valence-corrected chi connectivity index (χ0v) is 8.19. The number of oxazole rings is 1. The molecule has 2 heterocycles. The lowest BCUT2D eigenvalue weighted by Gasteiger charge is -1.94. The lowest BCUT2D eigenvalue weighted by molar-refractivity contribution is 0.572. The van der Waals surface area contributed by atoms with Gasteiger partial charge in [0.15, 0.2) is 0 Å². The van der Waals surface area contributed by atoms with Crippen LogP contribution < -0.4 is 5.73 Å². The van der Waals surface area contributed by atoms with Crippen molar-refractivity contribution in [2.24, 2.45) is 12.8 Å². The largest absolute Gasteiger partial charge is 0.444 e. The van der Waals surface area contributed by atoms with Crippen LogP contribution in [0.3, 0.4) is 0 Å². The third kappa shape index (κ3) is 1.31. The molecule has 0 spiro atoms. The summed E-state index contributed by atoms with van der Waals surface area (Å²) in [5.74, 6) is 0.580. The summed E-state index contributed by atoms with van der Waals surface area (Å²) in [6.07, 6.45) is 3.31. The van der Waals surface area contributed by atoms with Gasteiger partial charge >= 0.3 is 0 Å². The van der Waals surface area contributed by atoms with Gasteiger partial charge in [0.2, 0.25) is 5.89 Å². The Morgan fingerprint density at radius 2 is 2.36 bits per heavy atom. The average Bonchev–Trinajstić information content (AvgIpc) is 2.75. The Kier molecular flexibility index (Phi) is 2.09. The molecule has 0 fully saturated rings. The first-order valence-corrected chi connectivity index (χ1v) is 4.36. The first kappa shape index (κ1) is 8.96. The van der Waals surface area contributed by atoms with Crippen molar-refractivity contribution >= 4 is 0 Å². The van der Waals surface area contributed by atoms with Crippen LogP contribution in [-0.2, 0) is 13.6 Å². The van der Waals surface area contributed by atoms with E-state index in [0.29, 0.717) is 12.4 Å². The highest BCUT2D eigenvalue weighted by Crippen LogP contribution is 2.21. The van der Waals surface area contributed by atoms with E-state index in [1.54, 1.807) is 17.1 Å². The first-order valence-electron chi connectivity index (χ1n) is 4.36. The molecule has 5 heteroatoms. The molecule has 2 rings (SSSR count). The molecule has 0 radical (unpaired) electrons. The molecule has 2 N–H and O–H groups in total. The molecule has 0 bridgehead atoms. The highest BCUT2D eigenvalue weighted by Gasteiger charge is 2.11. The maximum atomic E-state index is 5.44. The van der Waals surface area contributed by atoms with Crippen molar-refractivity contribution in [1.82, 2.24) is 14.8 Å². The lowest BCUT2D eigenvalue weighted by Crippen LogP contribution is -1.96. The Hall–Kier alpha value is -1.62. The zero-order chi connectivity index (χ0) is 10.1. The molecule has 0 saturated heterocycles. The topological polar surface area (TPSA) is 69.9 Å².